The smallest absolute Gasteiger partial charge is 0.246 e. The zero-order chi connectivity index (χ0) is 9.80. The van der Waals surface area contributed by atoms with E-state index in [1.165, 1.54) is 11.3 Å². The number of anilines is 1. The van der Waals surface area contributed by atoms with Gasteiger partial charge in [0.25, 0.3) is 0 Å². The van der Waals surface area contributed by atoms with E-state index >= 15 is 0 Å². The van der Waals surface area contributed by atoms with Crippen molar-refractivity contribution in [3.8, 4) is 0 Å². The third kappa shape index (κ3) is 2.17. The summed E-state index contributed by atoms with van der Waals surface area (Å²) in [6.07, 6.45) is 6.62. The van der Waals surface area contributed by atoms with Crippen molar-refractivity contribution < 1.29 is 4.79 Å². The third-order valence-electron chi connectivity index (χ3n) is 1.56. The summed E-state index contributed by atoms with van der Waals surface area (Å²) < 4.78 is 1.70. The van der Waals surface area contributed by atoms with Gasteiger partial charge in [0.05, 0.1) is 6.33 Å². The minimum atomic E-state index is -0.0991. The Bertz CT molecular complexity index is 357. The fourth-order valence-electron chi connectivity index (χ4n) is 0.990. The van der Waals surface area contributed by atoms with Crippen LogP contribution in [0.3, 0.4) is 0 Å². The van der Waals surface area contributed by atoms with Crippen LogP contribution < -0.4 is 5.32 Å². The highest BCUT2D eigenvalue weighted by Crippen LogP contribution is 2.09. The SMILES string of the molecule is O=C(Cn1ccnc1)Nc1nccs1. The number of hydrogen-bond acceptors (Lipinski definition) is 4. The summed E-state index contributed by atoms with van der Waals surface area (Å²) in [5.74, 6) is -0.0991. The average Bonchev–Trinajstić information content (AvgIpc) is 2.76. The molecule has 0 aromatic carbocycles. The molecule has 2 aromatic rings. The van der Waals surface area contributed by atoms with Crippen LogP contribution in [-0.2, 0) is 11.3 Å². The molecule has 0 saturated carbocycles. The normalized spacial score (nSPS) is 10.0. The predicted octanol–water partition coefficient (Wildman–Crippen LogP) is 0.978. The molecule has 1 N–H and O–H groups in total. The van der Waals surface area contributed by atoms with E-state index in [0.29, 0.717) is 5.13 Å². The summed E-state index contributed by atoms with van der Waals surface area (Å²) in [7, 11) is 0. The molecule has 0 unspecified atom stereocenters. The van der Waals surface area contributed by atoms with Crippen molar-refractivity contribution >= 4 is 22.4 Å². The lowest BCUT2D eigenvalue weighted by Gasteiger charge is -2.01. The van der Waals surface area contributed by atoms with Crippen molar-refractivity contribution in [1.82, 2.24) is 14.5 Å². The fourth-order valence-corrected chi connectivity index (χ4v) is 1.54. The molecule has 0 aliphatic carbocycles. The van der Waals surface area contributed by atoms with Gasteiger partial charge in [0.1, 0.15) is 6.54 Å². The van der Waals surface area contributed by atoms with E-state index in [1.54, 1.807) is 29.5 Å². The summed E-state index contributed by atoms with van der Waals surface area (Å²) >= 11 is 1.40. The van der Waals surface area contributed by atoms with Crippen LogP contribution in [0.4, 0.5) is 5.13 Å². The molecule has 0 spiro atoms. The van der Waals surface area contributed by atoms with Crippen LogP contribution in [0.5, 0.6) is 0 Å². The molecular weight excluding hydrogens is 200 g/mol. The Morgan fingerprint density at radius 2 is 2.50 bits per heavy atom. The molecule has 0 fully saturated rings. The van der Waals surface area contributed by atoms with Gasteiger partial charge in [-0.05, 0) is 0 Å². The van der Waals surface area contributed by atoms with Crippen molar-refractivity contribution in [3.05, 3.63) is 30.3 Å². The number of nitrogens with zero attached hydrogens (tertiary/aromatic N) is 3. The van der Waals surface area contributed by atoms with Gasteiger partial charge in [-0.1, -0.05) is 0 Å². The lowest BCUT2D eigenvalue weighted by Crippen LogP contribution is -2.17. The van der Waals surface area contributed by atoms with Gasteiger partial charge in [-0.3, -0.25) is 4.79 Å². The van der Waals surface area contributed by atoms with Gasteiger partial charge in [0.2, 0.25) is 5.91 Å². The number of rotatable bonds is 3. The molecule has 5 nitrogen and oxygen atoms in total. The Morgan fingerprint density at radius 3 is 3.14 bits per heavy atom. The van der Waals surface area contributed by atoms with E-state index in [4.69, 9.17) is 0 Å². The van der Waals surface area contributed by atoms with Crippen LogP contribution in [0.15, 0.2) is 30.3 Å². The van der Waals surface area contributed by atoms with Gasteiger partial charge < -0.3 is 9.88 Å². The molecule has 0 aliphatic rings. The minimum Gasteiger partial charge on any atom is -0.328 e. The van der Waals surface area contributed by atoms with E-state index in [-0.39, 0.29) is 12.5 Å². The first kappa shape index (κ1) is 8.89. The first-order valence-electron chi connectivity index (χ1n) is 3.99. The van der Waals surface area contributed by atoms with Gasteiger partial charge in [-0.15, -0.1) is 11.3 Å². The quantitative estimate of drug-likeness (QED) is 0.817. The molecule has 2 rings (SSSR count). The van der Waals surface area contributed by atoms with Crippen LogP contribution in [0, 0.1) is 0 Å². The van der Waals surface area contributed by atoms with Crippen molar-refractivity contribution in [2.24, 2.45) is 0 Å². The zero-order valence-electron chi connectivity index (χ0n) is 7.25. The number of aromatic nitrogens is 3. The molecule has 0 radical (unpaired) electrons. The van der Waals surface area contributed by atoms with Crippen LogP contribution >= 0.6 is 11.3 Å². The Kier molecular flexibility index (Phi) is 2.55. The van der Waals surface area contributed by atoms with E-state index in [9.17, 15) is 4.79 Å². The summed E-state index contributed by atoms with van der Waals surface area (Å²) in [6.45, 7) is 0.263. The van der Waals surface area contributed by atoms with E-state index in [2.05, 4.69) is 15.3 Å². The number of thiazole rings is 1. The Hall–Kier alpha value is -1.69. The highest BCUT2D eigenvalue weighted by Gasteiger charge is 2.03. The second-order valence-electron chi connectivity index (χ2n) is 2.62. The van der Waals surface area contributed by atoms with Crippen molar-refractivity contribution in [1.29, 1.82) is 0 Å². The topological polar surface area (TPSA) is 59.8 Å². The summed E-state index contributed by atoms with van der Waals surface area (Å²) in [5, 5.41) is 5.11. The second-order valence-corrected chi connectivity index (χ2v) is 3.52. The maximum Gasteiger partial charge on any atom is 0.246 e. The van der Waals surface area contributed by atoms with Crippen LogP contribution in [0.25, 0.3) is 0 Å². The highest BCUT2D eigenvalue weighted by atomic mass is 32.1. The third-order valence-corrected chi connectivity index (χ3v) is 2.25. The number of imidazole rings is 1. The summed E-state index contributed by atoms with van der Waals surface area (Å²) in [6, 6.07) is 0. The van der Waals surface area contributed by atoms with Crippen molar-refractivity contribution in [2.75, 3.05) is 5.32 Å². The standard InChI is InChI=1S/C8H8N4OS/c13-7(5-12-3-1-9-6-12)11-8-10-2-4-14-8/h1-4,6H,5H2,(H,10,11,13). The number of amides is 1. The highest BCUT2D eigenvalue weighted by molar-refractivity contribution is 7.13. The molecule has 0 aliphatic heterocycles. The minimum absolute atomic E-state index is 0.0991. The maximum atomic E-state index is 11.4. The van der Waals surface area contributed by atoms with Crippen molar-refractivity contribution in [2.45, 2.75) is 6.54 Å². The van der Waals surface area contributed by atoms with Gasteiger partial charge in [-0.2, -0.15) is 0 Å². The number of carbonyl (C=O) groups excluding carboxylic acids is 1. The Balaban J connectivity index is 1.91. The van der Waals surface area contributed by atoms with Crippen LogP contribution in [0.1, 0.15) is 0 Å². The predicted molar refractivity (Wildman–Crippen MR) is 53.0 cm³/mol. The lowest BCUT2D eigenvalue weighted by molar-refractivity contribution is -0.116. The van der Waals surface area contributed by atoms with Gasteiger partial charge in [0.15, 0.2) is 5.13 Å². The van der Waals surface area contributed by atoms with Gasteiger partial charge in [-0.25, -0.2) is 9.97 Å². The molecule has 0 atom stereocenters. The van der Waals surface area contributed by atoms with E-state index < -0.39 is 0 Å². The largest absolute Gasteiger partial charge is 0.328 e. The Morgan fingerprint density at radius 1 is 1.57 bits per heavy atom. The van der Waals surface area contributed by atoms with Crippen molar-refractivity contribution in [3.63, 3.8) is 0 Å². The second kappa shape index (κ2) is 4.01. The molecule has 72 valence electrons. The van der Waals surface area contributed by atoms with E-state index in [0.717, 1.165) is 0 Å². The summed E-state index contributed by atoms with van der Waals surface area (Å²) in [5.41, 5.74) is 0. The molecule has 2 heterocycles. The fraction of sp³-hybridized carbons (Fsp3) is 0.125. The molecule has 6 heteroatoms. The first-order valence-corrected chi connectivity index (χ1v) is 4.87. The average molecular weight is 208 g/mol. The molecule has 14 heavy (non-hydrogen) atoms. The Labute approximate surface area is 84.4 Å². The van der Waals surface area contributed by atoms with Crippen LogP contribution in [0.2, 0.25) is 0 Å². The summed E-state index contributed by atoms with van der Waals surface area (Å²) in [4.78, 5) is 19.2. The molecule has 0 saturated heterocycles. The van der Waals surface area contributed by atoms with Gasteiger partial charge >= 0.3 is 0 Å². The maximum absolute atomic E-state index is 11.4. The lowest BCUT2D eigenvalue weighted by atomic mass is 10.6. The van der Waals surface area contributed by atoms with E-state index in [1.807, 2.05) is 5.38 Å². The van der Waals surface area contributed by atoms with Gasteiger partial charge in [0, 0.05) is 24.0 Å². The molecular formula is C8H8N4OS. The first-order chi connectivity index (χ1) is 6.84. The molecule has 1 amide bonds. The van der Waals surface area contributed by atoms with Crippen LogP contribution in [-0.4, -0.2) is 20.4 Å². The molecule has 2 aromatic heterocycles. The number of nitrogens with one attached hydrogen (secondary N) is 1. The number of hydrogen-bond donors (Lipinski definition) is 1. The zero-order valence-corrected chi connectivity index (χ0v) is 8.07. The number of carbonyl (C=O) groups is 1. The monoisotopic (exact) mass is 208 g/mol. The molecule has 0 bridgehead atoms.